The number of nitrogens with zero attached hydrogens (tertiary/aromatic N) is 4. The van der Waals surface area contributed by atoms with E-state index in [0.717, 1.165) is 19.6 Å². The van der Waals surface area contributed by atoms with Crippen LogP contribution < -0.4 is 0 Å². The molecule has 1 aromatic carbocycles. The molecule has 2 aromatic rings. The first-order valence-electron chi connectivity index (χ1n) is 7.80. The number of benzene rings is 1. The SMILES string of the molecule is Cc1ccccc1CN1CCN(C(=O)c2c(Cl)cnn2C)CC1. The van der Waals surface area contributed by atoms with E-state index in [1.54, 1.807) is 11.7 Å². The maximum Gasteiger partial charge on any atom is 0.273 e. The fourth-order valence-corrected chi connectivity index (χ4v) is 3.19. The number of aryl methyl sites for hydroxylation is 2. The van der Waals surface area contributed by atoms with E-state index in [1.165, 1.54) is 17.3 Å². The van der Waals surface area contributed by atoms with Crippen molar-refractivity contribution in [3.63, 3.8) is 0 Å². The smallest absolute Gasteiger partial charge is 0.273 e. The monoisotopic (exact) mass is 332 g/mol. The molecule has 0 aliphatic carbocycles. The predicted octanol–water partition coefficient (Wildman–Crippen LogP) is 2.34. The van der Waals surface area contributed by atoms with Gasteiger partial charge in [-0.25, -0.2) is 0 Å². The first kappa shape index (κ1) is 16.0. The van der Waals surface area contributed by atoms with Crippen molar-refractivity contribution in [2.75, 3.05) is 26.2 Å². The van der Waals surface area contributed by atoms with E-state index in [9.17, 15) is 4.79 Å². The number of rotatable bonds is 3. The lowest BCUT2D eigenvalue weighted by molar-refractivity contribution is 0.0617. The fourth-order valence-electron chi connectivity index (χ4n) is 2.94. The molecule has 0 spiro atoms. The van der Waals surface area contributed by atoms with Crippen molar-refractivity contribution in [2.24, 2.45) is 7.05 Å². The minimum Gasteiger partial charge on any atom is -0.335 e. The van der Waals surface area contributed by atoms with E-state index in [2.05, 4.69) is 41.2 Å². The molecule has 0 saturated carbocycles. The summed E-state index contributed by atoms with van der Waals surface area (Å²) in [6.45, 7) is 6.24. The van der Waals surface area contributed by atoms with Crippen molar-refractivity contribution >= 4 is 17.5 Å². The van der Waals surface area contributed by atoms with Gasteiger partial charge in [-0.1, -0.05) is 35.9 Å². The Balaban J connectivity index is 1.60. The Hall–Kier alpha value is -1.85. The highest BCUT2D eigenvalue weighted by Gasteiger charge is 2.26. The van der Waals surface area contributed by atoms with Gasteiger partial charge in [0.2, 0.25) is 0 Å². The van der Waals surface area contributed by atoms with Gasteiger partial charge >= 0.3 is 0 Å². The highest BCUT2D eigenvalue weighted by atomic mass is 35.5. The average molecular weight is 333 g/mol. The van der Waals surface area contributed by atoms with Crippen LogP contribution >= 0.6 is 11.6 Å². The summed E-state index contributed by atoms with van der Waals surface area (Å²) < 4.78 is 1.55. The Labute approximate surface area is 141 Å². The van der Waals surface area contributed by atoms with Crippen molar-refractivity contribution in [3.05, 3.63) is 52.3 Å². The van der Waals surface area contributed by atoms with Gasteiger partial charge in [-0.05, 0) is 18.1 Å². The first-order valence-corrected chi connectivity index (χ1v) is 8.17. The Morgan fingerprint density at radius 1 is 1.22 bits per heavy atom. The third kappa shape index (κ3) is 3.41. The van der Waals surface area contributed by atoms with Gasteiger partial charge in [0.15, 0.2) is 0 Å². The largest absolute Gasteiger partial charge is 0.335 e. The van der Waals surface area contributed by atoms with Gasteiger partial charge in [0.25, 0.3) is 5.91 Å². The molecule has 6 heteroatoms. The van der Waals surface area contributed by atoms with Crippen molar-refractivity contribution < 1.29 is 4.79 Å². The Morgan fingerprint density at radius 3 is 2.52 bits per heavy atom. The maximum absolute atomic E-state index is 12.6. The molecular weight excluding hydrogens is 312 g/mol. The topological polar surface area (TPSA) is 41.4 Å². The van der Waals surface area contributed by atoms with E-state index in [4.69, 9.17) is 11.6 Å². The molecule has 0 radical (unpaired) electrons. The van der Waals surface area contributed by atoms with Gasteiger partial charge < -0.3 is 4.90 Å². The number of halogens is 1. The van der Waals surface area contributed by atoms with Gasteiger partial charge in [0, 0.05) is 39.8 Å². The molecule has 1 fully saturated rings. The van der Waals surface area contributed by atoms with E-state index in [0.29, 0.717) is 23.8 Å². The summed E-state index contributed by atoms with van der Waals surface area (Å²) >= 11 is 6.07. The van der Waals surface area contributed by atoms with Gasteiger partial charge in [-0.2, -0.15) is 5.10 Å². The molecule has 1 aromatic heterocycles. The summed E-state index contributed by atoms with van der Waals surface area (Å²) in [6, 6.07) is 8.45. The first-order chi connectivity index (χ1) is 11.1. The highest BCUT2D eigenvalue weighted by Crippen LogP contribution is 2.18. The number of piperazine rings is 1. The Kier molecular flexibility index (Phi) is 4.68. The molecule has 1 saturated heterocycles. The van der Waals surface area contributed by atoms with Crippen LogP contribution in [0, 0.1) is 6.92 Å². The Bertz CT molecular complexity index is 685. The second-order valence-corrected chi connectivity index (χ2v) is 6.37. The Morgan fingerprint density at radius 2 is 1.91 bits per heavy atom. The summed E-state index contributed by atoms with van der Waals surface area (Å²) in [5, 5.41) is 4.46. The molecule has 1 amide bonds. The van der Waals surface area contributed by atoms with Crippen LogP contribution in [0.5, 0.6) is 0 Å². The molecule has 0 atom stereocenters. The normalized spacial score (nSPS) is 15.9. The third-order valence-electron chi connectivity index (χ3n) is 4.41. The van der Waals surface area contributed by atoms with Gasteiger partial charge in [0.05, 0.1) is 11.2 Å². The number of amides is 1. The van der Waals surface area contributed by atoms with E-state index >= 15 is 0 Å². The second-order valence-electron chi connectivity index (χ2n) is 5.96. The van der Waals surface area contributed by atoms with Gasteiger partial charge in [-0.15, -0.1) is 0 Å². The minimum atomic E-state index is -0.0365. The van der Waals surface area contributed by atoms with Crippen molar-refractivity contribution in [1.29, 1.82) is 0 Å². The molecule has 3 rings (SSSR count). The van der Waals surface area contributed by atoms with Crippen LogP contribution in [0.1, 0.15) is 21.6 Å². The number of carbonyl (C=O) groups excluding carboxylic acids is 1. The maximum atomic E-state index is 12.6. The minimum absolute atomic E-state index is 0.0365. The molecule has 5 nitrogen and oxygen atoms in total. The fraction of sp³-hybridized carbons (Fsp3) is 0.412. The molecule has 1 aliphatic heterocycles. The van der Waals surface area contributed by atoms with E-state index in [-0.39, 0.29) is 5.91 Å². The zero-order valence-corrected chi connectivity index (χ0v) is 14.3. The quantitative estimate of drug-likeness (QED) is 0.866. The van der Waals surface area contributed by atoms with E-state index in [1.807, 2.05) is 4.90 Å². The summed E-state index contributed by atoms with van der Waals surface area (Å²) in [7, 11) is 1.74. The van der Waals surface area contributed by atoms with Crippen LogP contribution in [-0.4, -0.2) is 51.7 Å². The third-order valence-corrected chi connectivity index (χ3v) is 4.69. The summed E-state index contributed by atoms with van der Waals surface area (Å²) in [5.41, 5.74) is 3.13. The van der Waals surface area contributed by atoms with Crippen molar-refractivity contribution in [2.45, 2.75) is 13.5 Å². The second kappa shape index (κ2) is 6.72. The van der Waals surface area contributed by atoms with Crippen LogP contribution in [0.15, 0.2) is 30.5 Å². The molecular formula is C17H21ClN4O. The highest BCUT2D eigenvalue weighted by molar-refractivity contribution is 6.33. The molecule has 2 heterocycles. The predicted molar refractivity (Wildman–Crippen MR) is 90.6 cm³/mol. The average Bonchev–Trinajstić information content (AvgIpc) is 2.88. The molecule has 0 unspecified atom stereocenters. The zero-order valence-electron chi connectivity index (χ0n) is 13.5. The van der Waals surface area contributed by atoms with Crippen LogP contribution in [0.25, 0.3) is 0 Å². The summed E-state index contributed by atoms with van der Waals surface area (Å²) in [4.78, 5) is 16.8. The number of carbonyl (C=O) groups is 1. The molecule has 0 N–H and O–H groups in total. The van der Waals surface area contributed by atoms with Gasteiger partial charge in [-0.3, -0.25) is 14.4 Å². The number of hydrogen-bond acceptors (Lipinski definition) is 3. The molecule has 1 aliphatic rings. The molecule has 122 valence electrons. The lowest BCUT2D eigenvalue weighted by Gasteiger charge is -2.35. The lowest BCUT2D eigenvalue weighted by Crippen LogP contribution is -2.48. The van der Waals surface area contributed by atoms with E-state index < -0.39 is 0 Å². The lowest BCUT2D eigenvalue weighted by atomic mass is 10.1. The van der Waals surface area contributed by atoms with Crippen LogP contribution in [0.2, 0.25) is 5.02 Å². The summed E-state index contributed by atoms with van der Waals surface area (Å²) in [6.07, 6.45) is 1.52. The molecule has 23 heavy (non-hydrogen) atoms. The number of aromatic nitrogens is 2. The van der Waals surface area contributed by atoms with Crippen LogP contribution in [0.4, 0.5) is 0 Å². The van der Waals surface area contributed by atoms with Gasteiger partial charge in [0.1, 0.15) is 5.69 Å². The zero-order chi connectivity index (χ0) is 16.4. The standard InChI is InChI=1S/C17H21ClN4O/c1-13-5-3-4-6-14(13)12-21-7-9-22(10-8-21)17(23)16-15(18)11-19-20(16)2/h3-6,11H,7-10,12H2,1-2H3. The molecule has 0 bridgehead atoms. The number of hydrogen-bond donors (Lipinski definition) is 0. The van der Waals surface area contributed by atoms with Crippen molar-refractivity contribution in [3.8, 4) is 0 Å². The van der Waals surface area contributed by atoms with Crippen LogP contribution in [-0.2, 0) is 13.6 Å². The summed E-state index contributed by atoms with van der Waals surface area (Å²) in [5.74, 6) is -0.0365. The van der Waals surface area contributed by atoms with Crippen LogP contribution in [0.3, 0.4) is 0 Å². The van der Waals surface area contributed by atoms with Crippen molar-refractivity contribution in [1.82, 2.24) is 19.6 Å².